The lowest BCUT2D eigenvalue weighted by Gasteiger charge is -2.32. The molecule has 0 saturated carbocycles. The molecule has 2 aromatic heterocycles. The highest BCUT2D eigenvalue weighted by Crippen LogP contribution is 2.17. The van der Waals surface area contributed by atoms with Crippen LogP contribution in [-0.2, 0) is 4.74 Å². The van der Waals surface area contributed by atoms with Gasteiger partial charge < -0.3 is 15.0 Å². The van der Waals surface area contributed by atoms with Crippen molar-refractivity contribution in [2.75, 3.05) is 25.5 Å². The standard InChI is InChI=1S/C17H19N5O3/c1-25-17(24)14-2-3-15(21-20-14)19-13-6-10-22(11-7-13)16(23)12-4-8-18-9-5-12/h2-5,8-9,13H,6-7,10-11H2,1H3,(H,19,21). The number of pyridine rings is 1. The SMILES string of the molecule is COC(=O)c1ccc(NC2CCN(C(=O)c3ccncc3)CC2)nn1. The van der Waals surface area contributed by atoms with Gasteiger partial charge in [-0.15, -0.1) is 10.2 Å². The molecule has 0 aliphatic carbocycles. The van der Waals surface area contributed by atoms with E-state index in [1.165, 1.54) is 7.11 Å². The fourth-order valence-electron chi connectivity index (χ4n) is 2.74. The fraction of sp³-hybridized carbons (Fsp3) is 0.353. The summed E-state index contributed by atoms with van der Waals surface area (Å²) in [4.78, 5) is 29.5. The molecule has 0 atom stereocenters. The highest BCUT2D eigenvalue weighted by Gasteiger charge is 2.23. The van der Waals surface area contributed by atoms with Crippen molar-refractivity contribution in [3.05, 3.63) is 47.9 Å². The van der Waals surface area contributed by atoms with Gasteiger partial charge in [-0.1, -0.05) is 0 Å². The van der Waals surface area contributed by atoms with Gasteiger partial charge in [0.25, 0.3) is 5.91 Å². The molecule has 2 aromatic rings. The van der Waals surface area contributed by atoms with Crippen molar-refractivity contribution >= 4 is 17.7 Å². The van der Waals surface area contributed by atoms with Gasteiger partial charge in [0.15, 0.2) is 5.69 Å². The topological polar surface area (TPSA) is 97.3 Å². The van der Waals surface area contributed by atoms with Crippen LogP contribution in [0, 0.1) is 0 Å². The first-order valence-corrected chi connectivity index (χ1v) is 8.05. The Kier molecular flexibility index (Phi) is 5.17. The van der Waals surface area contributed by atoms with Crippen LogP contribution < -0.4 is 5.32 Å². The maximum atomic E-state index is 12.4. The maximum absolute atomic E-state index is 12.4. The second-order valence-electron chi connectivity index (χ2n) is 5.74. The molecular formula is C17H19N5O3. The van der Waals surface area contributed by atoms with E-state index in [9.17, 15) is 9.59 Å². The number of ether oxygens (including phenoxy) is 1. The minimum absolute atomic E-state index is 0.0306. The summed E-state index contributed by atoms with van der Waals surface area (Å²) in [7, 11) is 1.30. The predicted molar refractivity (Wildman–Crippen MR) is 90.2 cm³/mol. The van der Waals surface area contributed by atoms with E-state index in [-0.39, 0.29) is 17.6 Å². The van der Waals surface area contributed by atoms with E-state index < -0.39 is 5.97 Å². The number of amides is 1. The fourth-order valence-corrected chi connectivity index (χ4v) is 2.74. The normalized spacial score (nSPS) is 14.8. The number of nitrogens with one attached hydrogen (secondary N) is 1. The van der Waals surface area contributed by atoms with Gasteiger partial charge >= 0.3 is 5.97 Å². The van der Waals surface area contributed by atoms with Gasteiger partial charge in [-0.3, -0.25) is 9.78 Å². The minimum Gasteiger partial charge on any atom is -0.464 e. The quantitative estimate of drug-likeness (QED) is 0.839. The molecule has 1 amide bonds. The molecule has 1 aliphatic heterocycles. The van der Waals surface area contributed by atoms with E-state index in [1.807, 2.05) is 4.90 Å². The number of carbonyl (C=O) groups excluding carboxylic acids is 2. The minimum atomic E-state index is -0.512. The van der Waals surface area contributed by atoms with Gasteiger partial charge in [-0.05, 0) is 37.1 Å². The van der Waals surface area contributed by atoms with E-state index in [2.05, 4.69) is 25.2 Å². The van der Waals surface area contributed by atoms with Gasteiger partial charge in [-0.2, -0.15) is 0 Å². The predicted octanol–water partition coefficient (Wildman–Crippen LogP) is 1.37. The number of anilines is 1. The Hall–Kier alpha value is -3.03. The van der Waals surface area contributed by atoms with Gasteiger partial charge in [0.1, 0.15) is 5.82 Å². The van der Waals surface area contributed by atoms with Crippen molar-refractivity contribution < 1.29 is 14.3 Å². The second-order valence-corrected chi connectivity index (χ2v) is 5.74. The zero-order chi connectivity index (χ0) is 17.6. The molecule has 1 aliphatic rings. The molecule has 130 valence electrons. The largest absolute Gasteiger partial charge is 0.464 e. The van der Waals surface area contributed by atoms with Gasteiger partial charge in [0, 0.05) is 37.1 Å². The molecule has 8 heteroatoms. The monoisotopic (exact) mass is 341 g/mol. The van der Waals surface area contributed by atoms with Gasteiger partial charge in [0.2, 0.25) is 0 Å². The van der Waals surface area contributed by atoms with Crippen LogP contribution in [0.1, 0.15) is 33.7 Å². The number of hydrogen-bond acceptors (Lipinski definition) is 7. The Morgan fingerprint density at radius 1 is 1.12 bits per heavy atom. The maximum Gasteiger partial charge on any atom is 0.358 e. The van der Waals surface area contributed by atoms with Crippen LogP contribution in [0.4, 0.5) is 5.82 Å². The molecule has 0 spiro atoms. The van der Waals surface area contributed by atoms with Crippen molar-refractivity contribution in [1.29, 1.82) is 0 Å². The average molecular weight is 341 g/mol. The lowest BCUT2D eigenvalue weighted by molar-refractivity contribution is 0.0592. The molecule has 1 saturated heterocycles. The highest BCUT2D eigenvalue weighted by molar-refractivity contribution is 5.94. The van der Waals surface area contributed by atoms with Crippen molar-refractivity contribution in [1.82, 2.24) is 20.1 Å². The average Bonchev–Trinajstić information content (AvgIpc) is 2.68. The summed E-state index contributed by atoms with van der Waals surface area (Å²) in [6.07, 6.45) is 4.88. The molecule has 3 heterocycles. The summed E-state index contributed by atoms with van der Waals surface area (Å²) in [5.41, 5.74) is 0.830. The zero-order valence-corrected chi connectivity index (χ0v) is 13.9. The van der Waals surface area contributed by atoms with E-state index in [0.29, 0.717) is 24.5 Å². The summed E-state index contributed by atoms with van der Waals surface area (Å²) in [6.45, 7) is 1.35. The number of rotatable bonds is 4. The van der Waals surface area contributed by atoms with Crippen molar-refractivity contribution in [2.24, 2.45) is 0 Å². The Morgan fingerprint density at radius 2 is 1.84 bits per heavy atom. The van der Waals surface area contributed by atoms with E-state index in [0.717, 1.165) is 12.8 Å². The molecule has 0 bridgehead atoms. The van der Waals surface area contributed by atoms with Gasteiger partial charge in [-0.25, -0.2) is 4.79 Å². The van der Waals surface area contributed by atoms with Crippen molar-refractivity contribution in [3.8, 4) is 0 Å². The zero-order valence-electron chi connectivity index (χ0n) is 13.9. The first kappa shape index (κ1) is 16.8. The van der Waals surface area contributed by atoms with Crippen LogP contribution in [0.25, 0.3) is 0 Å². The molecule has 3 rings (SSSR count). The smallest absolute Gasteiger partial charge is 0.358 e. The third-order valence-electron chi connectivity index (χ3n) is 4.12. The molecule has 0 unspecified atom stereocenters. The molecule has 0 aromatic carbocycles. The van der Waals surface area contributed by atoms with Crippen LogP contribution in [0.15, 0.2) is 36.7 Å². The Balaban J connectivity index is 1.52. The molecule has 1 fully saturated rings. The number of aromatic nitrogens is 3. The molecule has 25 heavy (non-hydrogen) atoms. The third kappa shape index (κ3) is 4.09. The number of hydrogen-bond donors (Lipinski definition) is 1. The summed E-state index contributed by atoms with van der Waals surface area (Å²) < 4.78 is 4.59. The number of esters is 1. The molecule has 1 N–H and O–H groups in total. The van der Waals surface area contributed by atoms with E-state index in [1.54, 1.807) is 36.7 Å². The first-order valence-electron chi connectivity index (χ1n) is 8.05. The van der Waals surface area contributed by atoms with Crippen LogP contribution >= 0.6 is 0 Å². The summed E-state index contributed by atoms with van der Waals surface area (Å²) in [6, 6.07) is 6.94. The van der Waals surface area contributed by atoms with Gasteiger partial charge in [0.05, 0.1) is 7.11 Å². The third-order valence-corrected chi connectivity index (χ3v) is 4.12. The van der Waals surface area contributed by atoms with Crippen LogP contribution in [0.5, 0.6) is 0 Å². The molecule has 0 radical (unpaired) electrons. The molecular weight excluding hydrogens is 322 g/mol. The second kappa shape index (κ2) is 7.69. The lowest BCUT2D eigenvalue weighted by atomic mass is 10.0. The summed E-state index contributed by atoms with van der Waals surface area (Å²) in [5, 5.41) is 11.1. The first-order chi connectivity index (χ1) is 12.2. The lowest BCUT2D eigenvalue weighted by Crippen LogP contribution is -2.42. The van der Waals surface area contributed by atoms with Crippen LogP contribution in [0.2, 0.25) is 0 Å². The summed E-state index contributed by atoms with van der Waals surface area (Å²) in [5.74, 6) is 0.122. The Morgan fingerprint density at radius 3 is 2.44 bits per heavy atom. The van der Waals surface area contributed by atoms with E-state index in [4.69, 9.17) is 0 Å². The number of likely N-dealkylation sites (tertiary alicyclic amines) is 1. The Labute approximate surface area is 145 Å². The van der Waals surface area contributed by atoms with Crippen molar-refractivity contribution in [3.63, 3.8) is 0 Å². The van der Waals surface area contributed by atoms with Crippen LogP contribution in [-0.4, -0.2) is 58.2 Å². The summed E-state index contributed by atoms with van der Waals surface area (Å²) >= 11 is 0. The van der Waals surface area contributed by atoms with E-state index >= 15 is 0 Å². The number of methoxy groups -OCH3 is 1. The highest BCUT2D eigenvalue weighted by atomic mass is 16.5. The van der Waals surface area contributed by atoms with Crippen molar-refractivity contribution in [2.45, 2.75) is 18.9 Å². The number of piperidine rings is 1. The number of nitrogens with zero attached hydrogens (tertiary/aromatic N) is 4. The number of carbonyl (C=O) groups is 2. The van der Waals surface area contributed by atoms with Crippen LogP contribution in [0.3, 0.4) is 0 Å². The molecule has 8 nitrogen and oxygen atoms in total. The Bertz CT molecular complexity index is 728.